The van der Waals surface area contributed by atoms with Crippen LogP contribution < -0.4 is 4.74 Å². The van der Waals surface area contributed by atoms with E-state index in [0.717, 1.165) is 23.7 Å². The van der Waals surface area contributed by atoms with Crippen molar-refractivity contribution in [2.24, 2.45) is 0 Å². The highest BCUT2D eigenvalue weighted by Gasteiger charge is 2.09. The zero-order chi connectivity index (χ0) is 11.3. The molecule has 0 aromatic heterocycles. The number of halogens is 3. The number of aromatic hydroxyl groups is 1. The van der Waals surface area contributed by atoms with E-state index in [1.165, 1.54) is 12.1 Å². The number of benzene rings is 1. The van der Waals surface area contributed by atoms with E-state index >= 15 is 0 Å². The van der Waals surface area contributed by atoms with E-state index in [9.17, 15) is 13.9 Å². The van der Waals surface area contributed by atoms with Crippen molar-refractivity contribution in [1.82, 2.24) is 0 Å². The SMILES string of the molecule is Oc1ccc(CCCBr)cc1OC(F)F. The van der Waals surface area contributed by atoms with Crippen LogP contribution in [-0.2, 0) is 6.42 Å². The van der Waals surface area contributed by atoms with Crippen molar-refractivity contribution in [3.05, 3.63) is 23.8 Å². The van der Waals surface area contributed by atoms with E-state index in [2.05, 4.69) is 20.7 Å². The Morgan fingerprint density at radius 2 is 2.13 bits per heavy atom. The lowest BCUT2D eigenvalue weighted by atomic mass is 10.1. The Morgan fingerprint density at radius 3 is 2.73 bits per heavy atom. The van der Waals surface area contributed by atoms with E-state index in [1.54, 1.807) is 6.07 Å². The molecule has 1 aromatic carbocycles. The van der Waals surface area contributed by atoms with E-state index in [0.29, 0.717) is 0 Å². The summed E-state index contributed by atoms with van der Waals surface area (Å²) in [6, 6.07) is 4.49. The number of ether oxygens (including phenoxy) is 1. The maximum Gasteiger partial charge on any atom is 0.387 e. The van der Waals surface area contributed by atoms with Crippen molar-refractivity contribution in [3.8, 4) is 11.5 Å². The van der Waals surface area contributed by atoms with Crippen molar-refractivity contribution in [1.29, 1.82) is 0 Å². The molecule has 0 aliphatic heterocycles. The van der Waals surface area contributed by atoms with Crippen LogP contribution in [0.1, 0.15) is 12.0 Å². The molecule has 0 heterocycles. The zero-order valence-electron chi connectivity index (χ0n) is 7.92. The minimum absolute atomic E-state index is 0.169. The van der Waals surface area contributed by atoms with Crippen molar-refractivity contribution >= 4 is 15.9 Å². The van der Waals surface area contributed by atoms with Crippen LogP contribution in [0.25, 0.3) is 0 Å². The molecule has 2 nitrogen and oxygen atoms in total. The van der Waals surface area contributed by atoms with Crippen LogP contribution in [0.3, 0.4) is 0 Å². The van der Waals surface area contributed by atoms with Crippen LogP contribution in [-0.4, -0.2) is 17.0 Å². The van der Waals surface area contributed by atoms with Gasteiger partial charge in [-0.2, -0.15) is 8.78 Å². The molecule has 15 heavy (non-hydrogen) atoms. The third-order valence-corrected chi connectivity index (χ3v) is 2.40. The minimum Gasteiger partial charge on any atom is -0.504 e. The van der Waals surface area contributed by atoms with E-state index < -0.39 is 6.61 Å². The van der Waals surface area contributed by atoms with Crippen LogP contribution in [0.15, 0.2) is 18.2 Å². The molecule has 5 heteroatoms. The fourth-order valence-electron chi connectivity index (χ4n) is 1.18. The number of rotatable bonds is 5. The van der Waals surface area contributed by atoms with Crippen molar-refractivity contribution < 1.29 is 18.6 Å². The highest BCUT2D eigenvalue weighted by Crippen LogP contribution is 2.28. The monoisotopic (exact) mass is 280 g/mol. The highest BCUT2D eigenvalue weighted by molar-refractivity contribution is 9.09. The first-order valence-electron chi connectivity index (χ1n) is 4.46. The lowest BCUT2D eigenvalue weighted by Crippen LogP contribution is -2.02. The topological polar surface area (TPSA) is 29.5 Å². The second-order valence-corrected chi connectivity index (χ2v) is 3.77. The van der Waals surface area contributed by atoms with Gasteiger partial charge in [-0.3, -0.25) is 0 Å². The molecule has 0 fully saturated rings. The van der Waals surface area contributed by atoms with Gasteiger partial charge in [0.05, 0.1) is 0 Å². The average Bonchev–Trinajstić information content (AvgIpc) is 2.18. The summed E-state index contributed by atoms with van der Waals surface area (Å²) < 4.78 is 28.1. The van der Waals surface area contributed by atoms with Crippen LogP contribution >= 0.6 is 15.9 Å². The summed E-state index contributed by atoms with van der Waals surface area (Å²) in [4.78, 5) is 0. The molecular formula is C10H11BrF2O2. The molecule has 0 aliphatic carbocycles. The largest absolute Gasteiger partial charge is 0.504 e. The van der Waals surface area contributed by atoms with E-state index in [1.807, 2.05) is 0 Å². The van der Waals surface area contributed by atoms with Gasteiger partial charge in [0.15, 0.2) is 11.5 Å². The maximum atomic E-state index is 11.9. The number of aryl methyl sites for hydroxylation is 1. The molecule has 0 aliphatic rings. The average molecular weight is 281 g/mol. The molecule has 0 spiro atoms. The predicted molar refractivity (Wildman–Crippen MR) is 56.9 cm³/mol. The molecule has 0 bridgehead atoms. The summed E-state index contributed by atoms with van der Waals surface area (Å²) in [7, 11) is 0. The third-order valence-electron chi connectivity index (χ3n) is 1.84. The highest BCUT2D eigenvalue weighted by atomic mass is 79.9. The molecule has 0 saturated heterocycles. The summed E-state index contributed by atoms with van der Waals surface area (Å²) >= 11 is 3.28. The lowest BCUT2D eigenvalue weighted by molar-refractivity contribution is -0.0512. The lowest BCUT2D eigenvalue weighted by Gasteiger charge is -2.08. The van der Waals surface area contributed by atoms with Gasteiger partial charge < -0.3 is 9.84 Å². The Balaban J connectivity index is 2.75. The number of hydrogen-bond donors (Lipinski definition) is 1. The number of hydrogen-bond acceptors (Lipinski definition) is 2. The second kappa shape index (κ2) is 5.90. The molecule has 0 amide bonds. The summed E-state index contributed by atoms with van der Waals surface area (Å²) in [6.45, 7) is -2.91. The minimum atomic E-state index is -2.91. The van der Waals surface area contributed by atoms with Crippen LogP contribution in [0, 0.1) is 0 Å². The van der Waals surface area contributed by atoms with Crippen LogP contribution in [0.4, 0.5) is 8.78 Å². The molecule has 1 rings (SSSR count). The Bertz CT molecular complexity index is 318. The molecule has 1 aromatic rings. The molecule has 0 saturated carbocycles. The molecule has 0 radical (unpaired) electrons. The van der Waals surface area contributed by atoms with Gasteiger partial charge >= 0.3 is 6.61 Å². The second-order valence-electron chi connectivity index (χ2n) is 2.97. The summed E-state index contributed by atoms with van der Waals surface area (Å²) in [5.41, 5.74) is 0.864. The summed E-state index contributed by atoms with van der Waals surface area (Å²) in [5.74, 6) is -0.435. The van der Waals surface area contributed by atoms with Crippen molar-refractivity contribution in [3.63, 3.8) is 0 Å². The quantitative estimate of drug-likeness (QED) is 0.839. The standard InChI is InChI=1S/C10H11BrF2O2/c11-5-1-2-7-3-4-8(14)9(6-7)15-10(12)13/h3-4,6,10,14H,1-2,5H2. The van der Waals surface area contributed by atoms with Crippen LogP contribution in [0.2, 0.25) is 0 Å². The molecule has 84 valence electrons. The van der Waals surface area contributed by atoms with Gasteiger partial charge in [0.25, 0.3) is 0 Å². The number of phenols is 1. The first-order valence-corrected chi connectivity index (χ1v) is 5.58. The fourth-order valence-corrected chi connectivity index (χ4v) is 1.46. The van der Waals surface area contributed by atoms with Gasteiger partial charge in [0.2, 0.25) is 0 Å². The number of alkyl halides is 3. The summed E-state index contributed by atoms with van der Waals surface area (Å²) in [5, 5.41) is 10.1. The van der Waals surface area contributed by atoms with Gasteiger partial charge in [-0.1, -0.05) is 22.0 Å². The molecule has 0 atom stereocenters. The predicted octanol–water partition coefficient (Wildman–Crippen LogP) is 3.32. The van der Waals surface area contributed by atoms with Gasteiger partial charge in [0, 0.05) is 5.33 Å². The van der Waals surface area contributed by atoms with Gasteiger partial charge in [-0.25, -0.2) is 0 Å². The smallest absolute Gasteiger partial charge is 0.387 e. The third kappa shape index (κ3) is 4.03. The van der Waals surface area contributed by atoms with Crippen LogP contribution in [0.5, 0.6) is 11.5 Å². The van der Waals surface area contributed by atoms with Gasteiger partial charge in [0.1, 0.15) is 0 Å². The zero-order valence-corrected chi connectivity index (χ0v) is 9.51. The van der Waals surface area contributed by atoms with Crippen molar-refractivity contribution in [2.75, 3.05) is 5.33 Å². The van der Waals surface area contributed by atoms with E-state index in [4.69, 9.17) is 0 Å². The summed E-state index contributed by atoms with van der Waals surface area (Å²) in [6.07, 6.45) is 1.66. The first kappa shape index (κ1) is 12.2. The molecular weight excluding hydrogens is 270 g/mol. The normalized spacial score (nSPS) is 10.7. The Morgan fingerprint density at radius 1 is 1.40 bits per heavy atom. The Labute approximate surface area is 95.0 Å². The molecule has 0 unspecified atom stereocenters. The maximum absolute atomic E-state index is 11.9. The first-order chi connectivity index (χ1) is 7.13. The van der Waals surface area contributed by atoms with Crippen molar-refractivity contribution in [2.45, 2.75) is 19.5 Å². The van der Waals surface area contributed by atoms with E-state index in [-0.39, 0.29) is 11.5 Å². The van der Waals surface area contributed by atoms with Gasteiger partial charge in [-0.05, 0) is 30.5 Å². The molecule has 1 N–H and O–H groups in total. The number of phenolic OH excluding ortho intramolecular Hbond substituents is 1. The Kier molecular flexibility index (Phi) is 4.81. The Hall–Kier alpha value is -0.840. The fraction of sp³-hybridized carbons (Fsp3) is 0.400. The van der Waals surface area contributed by atoms with Gasteiger partial charge in [-0.15, -0.1) is 0 Å².